The average Bonchev–Trinajstić information content (AvgIpc) is 3.24. The third-order valence-corrected chi connectivity index (χ3v) is 4.34. The summed E-state index contributed by atoms with van der Waals surface area (Å²) in [5, 5.41) is 3.97. The number of piperazine rings is 1. The number of hydrogen-bond acceptors (Lipinski definition) is 7. The Morgan fingerprint density at radius 2 is 2.12 bits per heavy atom. The number of nitrogens with zero attached hydrogens (tertiary/aromatic N) is 4. The molecule has 3 rings (SSSR count). The van der Waals surface area contributed by atoms with E-state index in [9.17, 15) is 4.79 Å². The minimum atomic E-state index is -0.173. The van der Waals surface area contributed by atoms with Crippen LogP contribution in [-0.2, 0) is 11.3 Å². The lowest BCUT2D eigenvalue weighted by Crippen LogP contribution is -2.48. The first kappa shape index (κ1) is 17.6. The van der Waals surface area contributed by atoms with Gasteiger partial charge in [-0.15, -0.1) is 0 Å². The number of amides is 1. The first-order valence-electron chi connectivity index (χ1n) is 8.58. The molecule has 1 fully saturated rings. The molecule has 0 spiro atoms. The lowest BCUT2D eigenvalue weighted by atomic mass is 10.2. The van der Waals surface area contributed by atoms with Crippen LogP contribution in [0.5, 0.6) is 0 Å². The van der Waals surface area contributed by atoms with Crippen LogP contribution in [0.1, 0.15) is 47.8 Å². The molecule has 1 aliphatic rings. The summed E-state index contributed by atoms with van der Waals surface area (Å²) in [7, 11) is 0. The van der Waals surface area contributed by atoms with Crippen LogP contribution in [0.4, 0.5) is 0 Å². The van der Waals surface area contributed by atoms with Crippen LogP contribution in [0.2, 0.25) is 0 Å². The molecule has 136 valence electrons. The van der Waals surface area contributed by atoms with Gasteiger partial charge >= 0.3 is 0 Å². The van der Waals surface area contributed by atoms with E-state index in [4.69, 9.17) is 13.7 Å². The van der Waals surface area contributed by atoms with E-state index in [2.05, 4.69) is 15.0 Å². The summed E-state index contributed by atoms with van der Waals surface area (Å²) in [4.78, 5) is 20.8. The SMILES string of the molecule is CCO[C@@H](C)c1noc(CN2CCN(C(=O)c3occc3C)CC2)n1. The number of hydrogen-bond donors (Lipinski definition) is 0. The highest BCUT2D eigenvalue weighted by Crippen LogP contribution is 2.16. The number of aryl methyl sites for hydroxylation is 1. The first-order chi connectivity index (χ1) is 12.1. The Balaban J connectivity index is 1.51. The highest BCUT2D eigenvalue weighted by atomic mass is 16.5. The van der Waals surface area contributed by atoms with E-state index < -0.39 is 0 Å². The lowest BCUT2D eigenvalue weighted by Gasteiger charge is -2.33. The van der Waals surface area contributed by atoms with Crippen molar-refractivity contribution >= 4 is 5.91 Å². The standard InChI is InChI=1S/C17H24N4O4/c1-4-23-13(3)16-18-14(25-19-16)11-20-6-8-21(9-7-20)17(22)15-12(2)5-10-24-15/h5,10,13H,4,6-9,11H2,1-3H3/t13-/m0/s1. The Labute approximate surface area is 146 Å². The lowest BCUT2D eigenvalue weighted by molar-refractivity contribution is 0.0584. The predicted molar refractivity (Wildman–Crippen MR) is 89.0 cm³/mol. The molecule has 1 amide bonds. The monoisotopic (exact) mass is 348 g/mol. The van der Waals surface area contributed by atoms with Crippen molar-refractivity contribution in [3.05, 3.63) is 35.4 Å². The molecule has 25 heavy (non-hydrogen) atoms. The van der Waals surface area contributed by atoms with Crippen molar-refractivity contribution in [3.63, 3.8) is 0 Å². The van der Waals surface area contributed by atoms with Crippen LogP contribution in [0.15, 0.2) is 21.3 Å². The van der Waals surface area contributed by atoms with E-state index in [1.807, 2.05) is 25.7 Å². The second-order valence-corrected chi connectivity index (χ2v) is 6.14. The number of aromatic nitrogens is 2. The summed E-state index contributed by atoms with van der Waals surface area (Å²) in [6.07, 6.45) is 1.38. The largest absolute Gasteiger partial charge is 0.459 e. The van der Waals surface area contributed by atoms with Gasteiger partial charge in [0, 0.05) is 38.3 Å². The summed E-state index contributed by atoms with van der Waals surface area (Å²) in [6, 6.07) is 1.81. The molecule has 1 atom stereocenters. The number of rotatable bonds is 6. The number of carbonyl (C=O) groups is 1. The van der Waals surface area contributed by atoms with E-state index in [1.165, 1.54) is 0 Å². The Morgan fingerprint density at radius 3 is 2.76 bits per heavy atom. The van der Waals surface area contributed by atoms with Crippen molar-refractivity contribution in [2.45, 2.75) is 33.4 Å². The summed E-state index contributed by atoms with van der Waals surface area (Å²) in [6.45, 7) is 9.70. The van der Waals surface area contributed by atoms with Crippen molar-refractivity contribution in [2.24, 2.45) is 0 Å². The number of carbonyl (C=O) groups excluding carboxylic acids is 1. The molecule has 1 saturated heterocycles. The van der Waals surface area contributed by atoms with Gasteiger partial charge in [0.05, 0.1) is 12.8 Å². The van der Waals surface area contributed by atoms with Crippen LogP contribution in [0.25, 0.3) is 0 Å². The summed E-state index contributed by atoms with van der Waals surface area (Å²) in [5.41, 5.74) is 0.870. The molecule has 1 aliphatic heterocycles. The van der Waals surface area contributed by atoms with Crippen molar-refractivity contribution < 1.29 is 18.5 Å². The molecule has 2 aromatic heterocycles. The third kappa shape index (κ3) is 4.08. The van der Waals surface area contributed by atoms with Gasteiger partial charge in [0.1, 0.15) is 6.10 Å². The average molecular weight is 348 g/mol. The maximum absolute atomic E-state index is 12.4. The van der Waals surface area contributed by atoms with Crippen LogP contribution in [0.3, 0.4) is 0 Å². The van der Waals surface area contributed by atoms with Crippen molar-refractivity contribution in [2.75, 3.05) is 32.8 Å². The van der Waals surface area contributed by atoms with Crippen molar-refractivity contribution in [1.29, 1.82) is 0 Å². The molecule has 2 aromatic rings. The molecule has 0 radical (unpaired) electrons. The van der Waals surface area contributed by atoms with E-state index in [0.29, 0.717) is 43.7 Å². The molecule has 0 aliphatic carbocycles. The quantitative estimate of drug-likeness (QED) is 0.789. The zero-order valence-corrected chi connectivity index (χ0v) is 14.9. The molecule has 0 N–H and O–H groups in total. The fraction of sp³-hybridized carbons (Fsp3) is 0.588. The van der Waals surface area contributed by atoms with E-state index >= 15 is 0 Å². The molecular weight excluding hydrogens is 324 g/mol. The van der Waals surface area contributed by atoms with Gasteiger partial charge in [-0.25, -0.2) is 0 Å². The molecule has 0 bridgehead atoms. The Morgan fingerprint density at radius 1 is 1.36 bits per heavy atom. The number of furan rings is 1. The zero-order valence-electron chi connectivity index (χ0n) is 14.9. The third-order valence-electron chi connectivity index (χ3n) is 4.34. The highest BCUT2D eigenvalue weighted by Gasteiger charge is 2.26. The van der Waals surface area contributed by atoms with Gasteiger partial charge in [0.15, 0.2) is 11.6 Å². The van der Waals surface area contributed by atoms with Gasteiger partial charge in [-0.2, -0.15) is 4.98 Å². The molecule has 0 aromatic carbocycles. The van der Waals surface area contributed by atoms with E-state index in [0.717, 1.165) is 18.7 Å². The Kier molecular flexibility index (Phi) is 5.50. The van der Waals surface area contributed by atoms with Gasteiger partial charge in [-0.3, -0.25) is 9.69 Å². The second-order valence-electron chi connectivity index (χ2n) is 6.14. The Hall–Kier alpha value is -2.19. The van der Waals surface area contributed by atoms with Crippen LogP contribution >= 0.6 is 0 Å². The zero-order chi connectivity index (χ0) is 17.8. The molecule has 8 nitrogen and oxygen atoms in total. The van der Waals surface area contributed by atoms with Gasteiger partial charge in [0.2, 0.25) is 5.89 Å². The van der Waals surface area contributed by atoms with Crippen LogP contribution in [-0.4, -0.2) is 58.6 Å². The molecule has 0 saturated carbocycles. The maximum atomic E-state index is 12.4. The van der Waals surface area contributed by atoms with Gasteiger partial charge in [0.25, 0.3) is 5.91 Å². The smallest absolute Gasteiger partial charge is 0.289 e. The second kappa shape index (κ2) is 7.79. The molecular formula is C17H24N4O4. The molecule has 3 heterocycles. The van der Waals surface area contributed by atoms with Gasteiger partial charge < -0.3 is 18.6 Å². The maximum Gasteiger partial charge on any atom is 0.289 e. The topological polar surface area (TPSA) is 84.8 Å². The normalized spacial score (nSPS) is 17.0. The van der Waals surface area contributed by atoms with Crippen molar-refractivity contribution in [3.8, 4) is 0 Å². The Bertz CT molecular complexity index is 703. The van der Waals surface area contributed by atoms with Crippen molar-refractivity contribution in [1.82, 2.24) is 19.9 Å². The summed E-state index contributed by atoms with van der Waals surface area (Å²) < 4.78 is 16.1. The van der Waals surface area contributed by atoms with Gasteiger partial charge in [-0.05, 0) is 26.8 Å². The summed E-state index contributed by atoms with van der Waals surface area (Å²) >= 11 is 0. The highest BCUT2D eigenvalue weighted by molar-refractivity contribution is 5.92. The van der Waals surface area contributed by atoms with E-state index in [1.54, 1.807) is 12.3 Å². The minimum absolute atomic E-state index is 0.0484. The fourth-order valence-corrected chi connectivity index (χ4v) is 2.86. The predicted octanol–water partition coefficient (Wildman–Crippen LogP) is 2.03. The van der Waals surface area contributed by atoms with E-state index in [-0.39, 0.29) is 12.0 Å². The van der Waals surface area contributed by atoms with Crippen LogP contribution in [0, 0.1) is 6.92 Å². The minimum Gasteiger partial charge on any atom is -0.459 e. The number of ether oxygens (including phenoxy) is 1. The van der Waals surface area contributed by atoms with Gasteiger partial charge in [-0.1, -0.05) is 5.16 Å². The molecule has 8 heteroatoms. The molecule has 0 unspecified atom stereocenters. The first-order valence-corrected chi connectivity index (χ1v) is 8.58. The summed E-state index contributed by atoms with van der Waals surface area (Å²) in [5.74, 6) is 1.52. The van der Waals surface area contributed by atoms with Crippen LogP contribution < -0.4 is 0 Å². The fourth-order valence-electron chi connectivity index (χ4n) is 2.86.